The zero-order valence-electron chi connectivity index (χ0n) is 22.4. The van der Waals surface area contributed by atoms with Gasteiger partial charge in [0, 0.05) is 36.6 Å². The van der Waals surface area contributed by atoms with Crippen molar-refractivity contribution in [1.82, 2.24) is 10.2 Å². The van der Waals surface area contributed by atoms with Crippen LogP contribution in [0.5, 0.6) is 11.5 Å². The Morgan fingerprint density at radius 1 is 1.15 bits per heavy atom. The number of benzene rings is 1. The number of nitrogens with zero attached hydrogens (tertiary/aromatic N) is 1. The summed E-state index contributed by atoms with van der Waals surface area (Å²) < 4.78 is 12.4. The molecular formula is C29H39IN2O7. The molecule has 0 heterocycles. The Bertz CT molecular complexity index is 1070. The fourth-order valence-electron chi connectivity index (χ4n) is 5.76. The van der Waals surface area contributed by atoms with Crippen molar-refractivity contribution in [2.75, 3.05) is 26.8 Å². The number of carbonyl (C=O) groups excluding carboxylic acids is 3. The lowest BCUT2D eigenvalue weighted by atomic mass is 9.81. The van der Waals surface area contributed by atoms with Gasteiger partial charge >= 0.3 is 0 Å². The summed E-state index contributed by atoms with van der Waals surface area (Å²) in [4.78, 5) is 40.0. The number of rotatable bonds is 11. The number of halogens is 1. The van der Waals surface area contributed by atoms with Gasteiger partial charge in [0.15, 0.2) is 11.5 Å². The molecule has 1 aromatic rings. The molecule has 3 unspecified atom stereocenters. The van der Waals surface area contributed by atoms with Crippen molar-refractivity contribution in [3.63, 3.8) is 0 Å². The molecule has 3 aliphatic rings. The first kappa shape index (κ1) is 29.8. The average Bonchev–Trinajstić information content (AvgIpc) is 2.91. The molecule has 3 N–H and O–H groups in total. The smallest absolute Gasteiger partial charge is 0.247 e. The third kappa shape index (κ3) is 7.13. The summed E-state index contributed by atoms with van der Waals surface area (Å²) in [5, 5.41) is 23.6. The lowest BCUT2D eigenvalue weighted by Gasteiger charge is -2.44. The van der Waals surface area contributed by atoms with Gasteiger partial charge in [-0.2, -0.15) is 0 Å². The van der Waals surface area contributed by atoms with Gasteiger partial charge in [0.2, 0.25) is 11.8 Å². The van der Waals surface area contributed by atoms with E-state index in [0.29, 0.717) is 38.7 Å². The van der Waals surface area contributed by atoms with Crippen LogP contribution in [0.1, 0.15) is 68.1 Å². The molecule has 2 fully saturated rings. The lowest BCUT2D eigenvalue weighted by Crippen LogP contribution is -2.57. The molecule has 39 heavy (non-hydrogen) atoms. The SMILES string of the molecule is COc1cc(C=O)cc(I)c1OC1C=C(C(=O)NCCO)CC(N(CC2CCCCC2)C(=O)C2CCC2)C1O. The molecule has 214 valence electrons. The van der Waals surface area contributed by atoms with E-state index in [2.05, 4.69) is 5.32 Å². The Hall–Kier alpha value is -2.18. The van der Waals surface area contributed by atoms with Gasteiger partial charge in [0.1, 0.15) is 18.5 Å². The zero-order valence-corrected chi connectivity index (χ0v) is 24.6. The standard InChI is InChI=1S/C29H39IN2O7/c1-38-25-13-19(17-34)12-22(30)27(25)39-24-15-21(28(36)31-10-11-33)14-23(26(24)35)32(29(37)20-8-5-9-20)16-18-6-3-2-4-7-18/h12-13,15,17-18,20,23-24,26,33,35H,2-11,14,16H2,1H3,(H,31,36). The number of hydrogen-bond donors (Lipinski definition) is 3. The molecule has 0 spiro atoms. The van der Waals surface area contributed by atoms with Crippen molar-refractivity contribution in [1.29, 1.82) is 0 Å². The van der Waals surface area contributed by atoms with E-state index in [1.165, 1.54) is 13.5 Å². The minimum Gasteiger partial charge on any atom is -0.493 e. The second-order valence-corrected chi connectivity index (χ2v) is 12.0. The summed E-state index contributed by atoms with van der Waals surface area (Å²) >= 11 is 2.05. The quantitative estimate of drug-likeness (QED) is 0.247. The fraction of sp³-hybridized carbons (Fsp3) is 0.621. The van der Waals surface area contributed by atoms with Gasteiger partial charge in [-0.25, -0.2) is 0 Å². The molecule has 2 amide bonds. The van der Waals surface area contributed by atoms with Gasteiger partial charge in [0.25, 0.3) is 0 Å². The highest BCUT2D eigenvalue weighted by molar-refractivity contribution is 14.1. The number of nitrogens with one attached hydrogen (secondary N) is 1. The van der Waals surface area contributed by atoms with E-state index < -0.39 is 18.2 Å². The van der Waals surface area contributed by atoms with Gasteiger partial charge in [-0.3, -0.25) is 14.4 Å². The van der Waals surface area contributed by atoms with Crippen LogP contribution in [0.3, 0.4) is 0 Å². The predicted molar refractivity (Wildman–Crippen MR) is 154 cm³/mol. The first-order chi connectivity index (χ1) is 18.9. The Morgan fingerprint density at radius 3 is 2.51 bits per heavy atom. The molecule has 0 saturated heterocycles. The maximum absolute atomic E-state index is 13.7. The first-order valence-corrected chi connectivity index (χ1v) is 15.0. The number of carbonyl (C=O) groups is 3. The maximum atomic E-state index is 13.7. The van der Waals surface area contributed by atoms with Crippen LogP contribution < -0.4 is 14.8 Å². The Morgan fingerprint density at radius 2 is 1.90 bits per heavy atom. The largest absolute Gasteiger partial charge is 0.493 e. The summed E-state index contributed by atoms with van der Waals surface area (Å²) in [7, 11) is 1.47. The van der Waals surface area contributed by atoms with Crippen LogP contribution in [-0.2, 0) is 9.59 Å². The van der Waals surface area contributed by atoms with Crippen LogP contribution in [0.2, 0.25) is 0 Å². The Labute approximate surface area is 243 Å². The van der Waals surface area contributed by atoms with E-state index in [0.717, 1.165) is 51.2 Å². The van der Waals surface area contributed by atoms with Crippen molar-refractivity contribution in [2.24, 2.45) is 11.8 Å². The fourth-order valence-corrected chi connectivity index (χ4v) is 6.52. The minimum atomic E-state index is -1.08. The molecule has 10 heteroatoms. The Balaban J connectivity index is 1.68. The van der Waals surface area contributed by atoms with E-state index in [-0.39, 0.29) is 37.3 Å². The Kier molecular flexibility index (Phi) is 10.6. The van der Waals surface area contributed by atoms with E-state index in [1.807, 2.05) is 27.5 Å². The second kappa shape index (κ2) is 13.9. The van der Waals surface area contributed by atoms with Crippen LogP contribution in [0.4, 0.5) is 0 Å². The summed E-state index contributed by atoms with van der Waals surface area (Å²) in [6.45, 7) is 0.461. The third-order valence-corrected chi connectivity index (χ3v) is 8.97. The van der Waals surface area contributed by atoms with Gasteiger partial charge < -0.3 is 29.9 Å². The van der Waals surface area contributed by atoms with E-state index in [9.17, 15) is 24.6 Å². The maximum Gasteiger partial charge on any atom is 0.247 e. The topological polar surface area (TPSA) is 125 Å². The van der Waals surface area contributed by atoms with Gasteiger partial charge in [-0.05, 0) is 72.4 Å². The second-order valence-electron chi connectivity index (χ2n) is 10.8. The number of hydrogen-bond acceptors (Lipinski definition) is 7. The highest BCUT2D eigenvalue weighted by Crippen LogP contribution is 2.38. The molecule has 0 bridgehead atoms. The number of aliphatic hydroxyl groups is 2. The highest BCUT2D eigenvalue weighted by Gasteiger charge is 2.43. The van der Waals surface area contributed by atoms with E-state index >= 15 is 0 Å². The van der Waals surface area contributed by atoms with Crippen molar-refractivity contribution < 1.29 is 34.1 Å². The van der Waals surface area contributed by atoms with Gasteiger partial charge in [-0.1, -0.05) is 25.7 Å². The summed E-state index contributed by atoms with van der Waals surface area (Å²) in [5.74, 6) is 0.695. The van der Waals surface area contributed by atoms with Crippen LogP contribution in [0.15, 0.2) is 23.8 Å². The highest BCUT2D eigenvalue weighted by atomic mass is 127. The monoisotopic (exact) mass is 654 g/mol. The predicted octanol–water partition coefficient (Wildman–Crippen LogP) is 3.24. The molecule has 1 aromatic carbocycles. The number of methoxy groups -OCH3 is 1. The molecule has 4 rings (SSSR count). The number of aliphatic hydroxyl groups excluding tert-OH is 2. The molecule has 0 radical (unpaired) electrons. The minimum absolute atomic E-state index is 0.0466. The number of ether oxygens (including phenoxy) is 2. The molecule has 3 aliphatic carbocycles. The number of amides is 2. The lowest BCUT2D eigenvalue weighted by molar-refractivity contribution is -0.146. The molecular weight excluding hydrogens is 615 g/mol. The summed E-state index contributed by atoms with van der Waals surface area (Å²) in [6.07, 6.45) is 8.80. The molecule has 9 nitrogen and oxygen atoms in total. The van der Waals surface area contributed by atoms with Gasteiger partial charge in [0.05, 0.1) is 23.3 Å². The summed E-state index contributed by atoms with van der Waals surface area (Å²) in [5.41, 5.74) is 0.826. The normalized spacial score (nSPS) is 23.8. The molecule has 2 saturated carbocycles. The zero-order chi connectivity index (χ0) is 27.9. The van der Waals surface area contributed by atoms with Crippen molar-refractivity contribution in [3.05, 3.63) is 32.9 Å². The van der Waals surface area contributed by atoms with Crippen LogP contribution in [-0.4, -0.2) is 78.3 Å². The molecule has 0 aromatic heterocycles. The summed E-state index contributed by atoms with van der Waals surface area (Å²) in [6, 6.07) is 2.58. The van der Waals surface area contributed by atoms with Crippen LogP contribution >= 0.6 is 22.6 Å². The van der Waals surface area contributed by atoms with E-state index in [4.69, 9.17) is 9.47 Å². The third-order valence-electron chi connectivity index (χ3n) is 8.17. The molecule has 3 atom stereocenters. The average molecular weight is 655 g/mol. The molecule has 0 aliphatic heterocycles. The van der Waals surface area contributed by atoms with Crippen LogP contribution in [0.25, 0.3) is 0 Å². The van der Waals surface area contributed by atoms with Crippen molar-refractivity contribution in [3.8, 4) is 11.5 Å². The first-order valence-electron chi connectivity index (χ1n) is 13.9. The van der Waals surface area contributed by atoms with Crippen molar-refractivity contribution in [2.45, 2.75) is 76.0 Å². The van der Waals surface area contributed by atoms with E-state index in [1.54, 1.807) is 18.2 Å². The van der Waals surface area contributed by atoms with Gasteiger partial charge in [-0.15, -0.1) is 0 Å². The van der Waals surface area contributed by atoms with Crippen molar-refractivity contribution >= 4 is 40.7 Å². The van der Waals surface area contributed by atoms with Crippen LogP contribution in [0, 0.1) is 15.4 Å². The number of aldehydes is 1.